The summed E-state index contributed by atoms with van der Waals surface area (Å²) in [5.41, 5.74) is 0. The van der Waals surface area contributed by atoms with Gasteiger partial charge in [0.1, 0.15) is 5.82 Å². The van der Waals surface area contributed by atoms with Crippen LogP contribution in [0.3, 0.4) is 0 Å². The lowest BCUT2D eigenvalue weighted by molar-refractivity contribution is 0.0804. The van der Waals surface area contributed by atoms with E-state index in [-0.39, 0.29) is 6.61 Å². The molecule has 0 spiro atoms. The Hall–Kier alpha value is -0.910. The van der Waals surface area contributed by atoms with E-state index in [9.17, 15) is 5.11 Å². The second-order valence-corrected chi connectivity index (χ2v) is 3.99. The van der Waals surface area contributed by atoms with E-state index in [0.29, 0.717) is 12.6 Å². The van der Waals surface area contributed by atoms with Crippen LogP contribution in [0.2, 0.25) is 0 Å². The van der Waals surface area contributed by atoms with E-state index in [2.05, 4.69) is 10.3 Å². The summed E-state index contributed by atoms with van der Waals surface area (Å²) in [5.74, 6) is 0.911. The fraction of sp³-hybridized carbons (Fsp3) is 0.700. The maximum Gasteiger partial charge on any atom is 0.122 e. The van der Waals surface area contributed by atoms with Crippen LogP contribution in [-0.4, -0.2) is 38.5 Å². The monoisotopic (exact) mass is 211 g/mol. The molecule has 1 aliphatic rings. The van der Waals surface area contributed by atoms with Gasteiger partial charge in [-0.1, -0.05) is 0 Å². The predicted molar refractivity (Wildman–Crippen MR) is 55.2 cm³/mol. The SMILES string of the molecule is OCC(O)Cn1ccnc1CNC1CC1. The quantitative estimate of drug-likeness (QED) is 0.592. The number of hydrogen-bond donors (Lipinski definition) is 3. The third-order valence-corrected chi connectivity index (χ3v) is 2.55. The molecule has 1 aliphatic carbocycles. The van der Waals surface area contributed by atoms with Crippen LogP contribution in [0.15, 0.2) is 12.4 Å². The lowest BCUT2D eigenvalue weighted by atomic mass is 10.3. The van der Waals surface area contributed by atoms with Crippen LogP contribution in [0, 0.1) is 0 Å². The van der Waals surface area contributed by atoms with E-state index >= 15 is 0 Å². The van der Waals surface area contributed by atoms with Crippen molar-refractivity contribution in [3.63, 3.8) is 0 Å². The Morgan fingerprint density at radius 1 is 1.60 bits per heavy atom. The van der Waals surface area contributed by atoms with Crippen LogP contribution in [0.5, 0.6) is 0 Å². The third kappa shape index (κ3) is 3.02. The van der Waals surface area contributed by atoms with E-state index in [1.54, 1.807) is 6.20 Å². The van der Waals surface area contributed by atoms with Gasteiger partial charge >= 0.3 is 0 Å². The number of hydrogen-bond acceptors (Lipinski definition) is 4. The molecule has 5 nitrogen and oxygen atoms in total. The maximum atomic E-state index is 9.32. The molecule has 3 N–H and O–H groups in total. The zero-order valence-electron chi connectivity index (χ0n) is 8.63. The van der Waals surface area contributed by atoms with E-state index < -0.39 is 6.10 Å². The van der Waals surface area contributed by atoms with Gasteiger partial charge in [-0.05, 0) is 12.8 Å². The first kappa shape index (κ1) is 10.6. The van der Waals surface area contributed by atoms with Crippen molar-refractivity contribution in [2.45, 2.75) is 38.1 Å². The number of imidazole rings is 1. The third-order valence-electron chi connectivity index (χ3n) is 2.55. The average molecular weight is 211 g/mol. The van der Waals surface area contributed by atoms with Crippen LogP contribution in [0.1, 0.15) is 18.7 Å². The first-order chi connectivity index (χ1) is 7.29. The van der Waals surface area contributed by atoms with Crippen molar-refractivity contribution in [2.24, 2.45) is 0 Å². The second-order valence-electron chi connectivity index (χ2n) is 3.99. The molecule has 0 bridgehead atoms. The highest BCUT2D eigenvalue weighted by Gasteiger charge is 2.20. The number of rotatable bonds is 6. The molecule has 2 rings (SSSR count). The van der Waals surface area contributed by atoms with E-state index in [0.717, 1.165) is 12.4 Å². The Morgan fingerprint density at radius 2 is 2.40 bits per heavy atom. The topological polar surface area (TPSA) is 70.3 Å². The van der Waals surface area contributed by atoms with Crippen molar-refractivity contribution >= 4 is 0 Å². The fourth-order valence-electron chi connectivity index (χ4n) is 1.48. The first-order valence-corrected chi connectivity index (χ1v) is 5.32. The molecule has 1 atom stereocenters. The smallest absolute Gasteiger partial charge is 0.122 e. The molecule has 15 heavy (non-hydrogen) atoms. The summed E-state index contributed by atoms with van der Waals surface area (Å²) in [6.07, 6.45) is 5.33. The molecule has 0 radical (unpaired) electrons. The van der Waals surface area contributed by atoms with Gasteiger partial charge in [0.2, 0.25) is 0 Å². The number of nitrogens with one attached hydrogen (secondary N) is 1. The standard InChI is InChI=1S/C10H17N3O2/c14-7-9(15)6-13-4-3-11-10(13)5-12-8-1-2-8/h3-4,8-9,12,14-15H,1-2,5-7H2. The number of aliphatic hydroxyl groups excluding tert-OH is 2. The van der Waals surface area contributed by atoms with Gasteiger partial charge in [0.05, 0.1) is 25.8 Å². The van der Waals surface area contributed by atoms with Crippen LogP contribution in [0.25, 0.3) is 0 Å². The normalized spacial score (nSPS) is 18.0. The molecule has 1 fully saturated rings. The minimum absolute atomic E-state index is 0.215. The average Bonchev–Trinajstić information content (AvgIpc) is 2.97. The zero-order valence-corrected chi connectivity index (χ0v) is 8.63. The molecule has 84 valence electrons. The molecular weight excluding hydrogens is 194 g/mol. The molecule has 1 heterocycles. The predicted octanol–water partition coefficient (Wildman–Crippen LogP) is -0.512. The number of aliphatic hydroxyl groups is 2. The van der Waals surface area contributed by atoms with E-state index in [1.165, 1.54) is 12.8 Å². The molecule has 1 aromatic rings. The van der Waals surface area contributed by atoms with Gasteiger partial charge < -0.3 is 20.1 Å². The van der Waals surface area contributed by atoms with Gasteiger partial charge in [-0.15, -0.1) is 0 Å². The fourth-order valence-corrected chi connectivity index (χ4v) is 1.48. The highest BCUT2D eigenvalue weighted by molar-refractivity contribution is 4.94. The Balaban J connectivity index is 1.88. The van der Waals surface area contributed by atoms with Crippen LogP contribution in [0.4, 0.5) is 0 Å². The molecular formula is C10H17N3O2. The number of aromatic nitrogens is 2. The van der Waals surface area contributed by atoms with Gasteiger partial charge in [-0.3, -0.25) is 0 Å². The molecule has 1 aromatic heterocycles. The molecule has 0 saturated heterocycles. The lowest BCUT2D eigenvalue weighted by Crippen LogP contribution is -2.24. The minimum Gasteiger partial charge on any atom is -0.394 e. The van der Waals surface area contributed by atoms with Crippen molar-refractivity contribution in [1.82, 2.24) is 14.9 Å². The van der Waals surface area contributed by atoms with Crippen molar-refractivity contribution in [3.8, 4) is 0 Å². The molecule has 1 unspecified atom stereocenters. The van der Waals surface area contributed by atoms with Gasteiger partial charge in [0.15, 0.2) is 0 Å². The Kier molecular flexibility index (Phi) is 3.35. The van der Waals surface area contributed by atoms with Gasteiger partial charge in [0.25, 0.3) is 0 Å². The largest absolute Gasteiger partial charge is 0.394 e. The molecule has 0 amide bonds. The van der Waals surface area contributed by atoms with E-state index in [1.807, 2.05) is 10.8 Å². The summed E-state index contributed by atoms with van der Waals surface area (Å²) in [6.45, 7) is 0.918. The summed E-state index contributed by atoms with van der Waals surface area (Å²) in [7, 11) is 0. The molecule has 1 saturated carbocycles. The second kappa shape index (κ2) is 4.74. The van der Waals surface area contributed by atoms with Crippen molar-refractivity contribution < 1.29 is 10.2 Å². The summed E-state index contributed by atoms with van der Waals surface area (Å²) in [6, 6.07) is 0.651. The molecule has 0 aliphatic heterocycles. The minimum atomic E-state index is -0.709. The maximum absolute atomic E-state index is 9.32. The van der Waals surface area contributed by atoms with Crippen LogP contribution < -0.4 is 5.32 Å². The van der Waals surface area contributed by atoms with Crippen LogP contribution in [-0.2, 0) is 13.1 Å². The molecule has 5 heteroatoms. The zero-order chi connectivity index (χ0) is 10.7. The first-order valence-electron chi connectivity index (χ1n) is 5.32. The Labute approximate surface area is 88.8 Å². The summed E-state index contributed by atoms with van der Waals surface area (Å²) in [4.78, 5) is 4.21. The Bertz CT molecular complexity index is 309. The number of nitrogens with zero attached hydrogens (tertiary/aromatic N) is 2. The highest BCUT2D eigenvalue weighted by atomic mass is 16.3. The summed E-state index contributed by atoms with van der Waals surface area (Å²) < 4.78 is 1.87. The van der Waals surface area contributed by atoms with E-state index in [4.69, 9.17) is 5.11 Å². The van der Waals surface area contributed by atoms with Gasteiger partial charge in [-0.25, -0.2) is 4.98 Å². The highest BCUT2D eigenvalue weighted by Crippen LogP contribution is 2.19. The van der Waals surface area contributed by atoms with Gasteiger partial charge in [0, 0.05) is 18.4 Å². The summed E-state index contributed by atoms with van der Waals surface area (Å²) in [5, 5.41) is 21.4. The van der Waals surface area contributed by atoms with Crippen LogP contribution >= 0.6 is 0 Å². The van der Waals surface area contributed by atoms with Crippen molar-refractivity contribution in [3.05, 3.63) is 18.2 Å². The van der Waals surface area contributed by atoms with Gasteiger partial charge in [-0.2, -0.15) is 0 Å². The Morgan fingerprint density at radius 3 is 3.07 bits per heavy atom. The lowest BCUT2D eigenvalue weighted by Gasteiger charge is -2.11. The van der Waals surface area contributed by atoms with Crippen molar-refractivity contribution in [2.75, 3.05) is 6.61 Å². The van der Waals surface area contributed by atoms with Crippen molar-refractivity contribution in [1.29, 1.82) is 0 Å². The summed E-state index contributed by atoms with van der Waals surface area (Å²) >= 11 is 0. The molecule has 0 aromatic carbocycles.